The lowest BCUT2D eigenvalue weighted by molar-refractivity contribution is -0.727. The number of pyridine rings is 4. The lowest BCUT2D eigenvalue weighted by Gasteiger charge is -2.18. The zero-order valence-electron chi connectivity index (χ0n) is 19.8. The van der Waals surface area contributed by atoms with Crippen LogP contribution in [0.3, 0.4) is 0 Å². The third-order valence-corrected chi connectivity index (χ3v) is 6.89. The van der Waals surface area contributed by atoms with Gasteiger partial charge < -0.3 is 0 Å². The Morgan fingerprint density at radius 1 is 0.515 bits per heavy atom. The van der Waals surface area contributed by atoms with E-state index in [0.29, 0.717) is 0 Å². The molecular formula is C29H34N4+4. The number of fused-ring (bicyclic) bond motifs is 3. The molecule has 0 aliphatic heterocycles. The van der Waals surface area contributed by atoms with Crippen molar-refractivity contribution in [3.05, 3.63) is 109 Å². The van der Waals surface area contributed by atoms with Crippen molar-refractivity contribution in [1.29, 1.82) is 0 Å². The molecule has 0 saturated heterocycles. The number of hydrogen-bond acceptors (Lipinski definition) is 0. The zero-order chi connectivity index (χ0) is 22.7. The van der Waals surface area contributed by atoms with Crippen molar-refractivity contribution in [2.24, 2.45) is 0 Å². The van der Waals surface area contributed by atoms with Gasteiger partial charge in [0.25, 0.3) is 0 Å². The third kappa shape index (κ3) is 4.56. The van der Waals surface area contributed by atoms with Crippen molar-refractivity contribution in [1.82, 2.24) is 0 Å². The summed E-state index contributed by atoms with van der Waals surface area (Å²) in [6, 6.07) is 17.1. The SMILES string of the molecule is CC1(C)c2c[n+](CCC[n+]3ccccc3)ccc2-c2cc[n+](CCC[n+]3ccccc3)cc21. The van der Waals surface area contributed by atoms with Crippen LogP contribution in [0.2, 0.25) is 0 Å². The highest BCUT2D eigenvalue weighted by atomic mass is 15.0. The normalized spacial score (nSPS) is 13.5. The second kappa shape index (κ2) is 9.22. The van der Waals surface area contributed by atoms with Crippen LogP contribution in [0.25, 0.3) is 11.1 Å². The highest BCUT2D eigenvalue weighted by Gasteiger charge is 2.39. The Balaban J connectivity index is 1.28. The predicted molar refractivity (Wildman–Crippen MR) is 127 cm³/mol. The van der Waals surface area contributed by atoms with E-state index < -0.39 is 0 Å². The lowest BCUT2D eigenvalue weighted by atomic mass is 9.84. The van der Waals surface area contributed by atoms with Gasteiger partial charge in [0.05, 0.1) is 12.8 Å². The fourth-order valence-electron chi connectivity index (χ4n) is 5.00. The first kappa shape index (κ1) is 21.4. The van der Waals surface area contributed by atoms with Crippen molar-refractivity contribution in [2.45, 2.75) is 58.3 Å². The van der Waals surface area contributed by atoms with Crippen LogP contribution in [0.1, 0.15) is 37.8 Å². The van der Waals surface area contributed by atoms with Gasteiger partial charge >= 0.3 is 0 Å². The van der Waals surface area contributed by atoms with Gasteiger partial charge in [-0.2, -0.15) is 0 Å². The second-order valence-electron chi connectivity index (χ2n) is 9.58. The fraction of sp³-hybridized carbons (Fsp3) is 0.310. The fourth-order valence-corrected chi connectivity index (χ4v) is 5.00. The standard InChI is InChI=1S/C29H34N4/c1-29(2)27-23-32(19-9-17-30-13-5-3-6-14-30)21-11-25(27)26-12-22-33(24-28(26)29)20-10-18-31-15-7-4-8-16-31/h3-8,11-16,21-24H,9-10,17-20H2,1-2H3/q+4. The number of nitrogens with zero attached hydrogens (tertiary/aromatic N) is 4. The molecular weight excluding hydrogens is 404 g/mol. The summed E-state index contributed by atoms with van der Waals surface area (Å²) in [5, 5.41) is 0. The Kier molecular flexibility index (Phi) is 5.99. The van der Waals surface area contributed by atoms with Gasteiger partial charge in [-0.25, -0.2) is 18.3 Å². The summed E-state index contributed by atoms with van der Waals surface area (Å²) >= 11 is 0. The van der Waals surface area contributed by atoms with E-state index in [1.807, 2.05) is 0 Å². The number of aryl methyl sites for hydroxylation is 4. The van der Waals surface area contributed by atoms with Gasteiger partial charge in [-0.15, -0.1) is 0 Å². The van der Waals surface area contributed by atoms with Gasteiger partial charge in [0.15, 0.2) is 75.8 Å². The summed E-state index contributed by atoms with van der Waals surface area (Å²) in [5.74, 6) is 0. The first-order valence-corrected chi connectivity index (χ1v) is 12.1. The smallest absolute Gasteiger partial charge is 0.173 e. The molecule has 0 fully saturated rings. The molecule has 4 nitrogen and oxygen atoms in total. The maximum atomic E-state index is 2.38. The van der Waals surface area contributed by atoms with Gasteiger partial charge in [-0.1, -0.05) is 26.0 Å². The molecule has 166 valence electrons. The Labute approximate surface area is 197 Å². The van der Waals surface area contributed by atoms with Crippen molar-refractivity contribution >= 4 is 0 Å². The summed E-state index contributed by atoms with van der Waals surface area (Å²) in [4.78, 5) is 0. The van der Waals surface area contributed by atoms with Gasteiger partial charge in [-0.05, 0) is 11.1 Å². The van der Waals surface area contributed by atoms with Crippen molar-refractivity contribution < 1.29 is 18.3 Å². The molecule has 0 unspecified atom stereocenters. The van der Waals surface area contributed by atoms with Crippen molar-refractivity contribution in [3.63, 3.8) is 0 Å². The molecule has 4 heterocycles. The highest BCUT2D eigenvalue weighted by molar-refractivity contribution is 5.78. The van der Waals surface area contributed by atoms with Gasteiger partial charge in [-0.3, -0.25) is 0 Å². The van der Waals surface area contributed by atoms with E-state index >= 15 is 0 Å². The molecule has 1 aliphatic rings. The van der Waals surface area contributed by atoms with Crippen LogP contribution < -0.4 is 18.3 Å². The second-order valence-corrected chi connectivity index (χ2v) is 9.58. The molecule has 0 saturated carbocycles. The van der Waals surface area contributed by atoms with E-state index in [0.717, 1.165) is 39.0 Å². The van der Waals surface area contributed by atoms with Gasteiger partial charge in [0.1, 0.15) is 0 Å². The van der Waals surface area contributed by atoms with Crippen LogP contribution in [0.4, 0.5) is 0 Å². The van der Waals surface area contributed by atoms with Crippen LogP contribution in [0, 0.1) is 0 Å². The Bertz CT molecular complexity index is 1140. The van der Waals surface area contributed by atoms with E-state index in [4.69, 9.17) is 0 Å². The molecule has 0 bridgehead atoms. The summed E-state index contributed by atoms with van der Waals surface area (Å²) in [6.45, 7) is 8.86. The summed E-state index contributed by atoms with van der Waals surface area (Å²) in [6.07, 6.45) is 20.0. The maximum absolute atomic E-state index is 2.38. The summed E-state index contributed by atoms with van der Waals surface area (Å²) < 4.78 is 9.23. The highest BCUT2D eigenvalue weighted by Crippen LogP contribution is 2.47. The molecule has 5 rings (SSSR count). The molecule has 1 aliphatic carbocycles. The van der Waals surface area contributed by atoms with Gasteiger partial charge in [0, 0.05) is 52.9 Å². The minimum Gasteiger partial charge on any atom is -0.205 e. The summed E-state index contributed by atoms with van der Waals surface area (Å²) in [5.41, 5.74) is 5.65. The molecule has 4 heteroatoms. The van der Waals surface area contributed by atoms with E-state index in [1.165, 1.54) is 22.3 Å². The van der Waals surface area contributed by atoms with Crippen LogP contribution >= 0.6 is 0 Å². The monoisotopic (exact) mass is 438 g/mol. The average Bonchev–Trinajstić information content (AvgIpc) is 3.07. The van der Waals surface area contributed by atoms with E-state index in [9.17, 15) is 0 Å². The van der Waals surface area contributed by atoms with Gasteiger partial charge in [0.2, 0.25) is 0 Å². The predicted octanol–water partition coefficient (Wildman–Crippen LogP) is 3.32. The Morgan fingerprint density at radius 2 is 0.909 bits per heavy atom. The van der Waals surface area contributed by atoms with Crippen LogP contribution in [0.5, 0.6) is 0 Å². The molecule has 4 aromatic heterocycles. The lowest BCUT2D eigenvalue weighted by Crippen LogP contribution is -2.39. The maximum Gasteiger partial charge on any atom is 0.173 e. The molecule has 0 amide bonds. The van der Waals surface area contributed by atoms with E-state index in [1.54, 1.807) is 0 Å². The van der Waals surface area contributed by atoms with Crippen LogP contribution in [-0.4, -0.2) is 0 Å². The average molecular weight is 439 g/mol. The molecule has 4 aromatic rings. The van der Waals surface area contributed by atoms with Crippen LogP contribution in [-0.2, 0) is 31.6 Å². The molecule has 0 atom stereocenters. The molecule has 0 radical (unpaired) electrons. The summed E-state index contributed by atoms with van der Waals surface area (Å²) in [7, 11) is 0. The number of hydrogen-bond donors (Lipinski definition) is 0. The van der Waals surface area contributed by atoms with Crippen LogP contribution in [0.15, 0.2) is 98.1 Å². The molecule has 0 spiro atoms. The first-order chi connectivity index (χ1) is 16.1. The molecule has 0 aromatic carbocycles. The Hall–Kier alpha value is -3.40. The molecule has 33 heavy (non-hydrogen) atoms. The first-order valence-electron chi connectivity index (χ1n) is 12.1. The van der Waals surface area contributed by atoms with Crippen molar-refractivity contribution in [2.75, 3.05) is 0 Å². The minimum atomic E-state index is 0.0129. The number of aromatic nitrogens is 4. The largest absolute Gasteiger partial charge is 0.205 e. The van der Waals surface area contributed by atoms with E-state index in [-0.39, 0.29) is 5.41 Å². The topological polar surface area (TPSA) is 15.5 Å². The zero-order valence-corrected chi connectivity index (χ0v) is 19.8. The minimum absolute atomic E-state index is 0.0129. The number of rotatable bonds is 8. The third-order valence-electron chi connectivity index (χ3n) is 6.89. The quantitative estimate of drug-likeness (QED) is 0.375. The Morgan fingerprint density at radius 3 is 1.33 bits per heavy atom. The van der Waals surface area contributed by atoms with E-state index in [2.05, 4.69) is 130 Å². The van der Waals surface area contributed by atoms with Crippen molar-refractivity contribution in [3.8, 4) is 11.1 Å². The molecule has 0 N–H and O–H groups in total.